The van der Waals surface area contributed by atoms with Crippen molar-refractivity contribution >= 4 is 35.1 Å². The Bertz CT molecular complexity index is 279. The van der Waals surface area contributed by atoms with E-state index in [1.807, 2.05) is 0 Å². The molecule has 0 aliphatic heterocycles. The van der Waals surface area contributed by atoms with Crippen LogP contribution < -0.4 is 10.6 Å². The van der Waals surface area contributed by atoms with Crippen LogP contribution in [0.3, 0.4) is 0 Å². The van der Waals surface area contributed by atoms with Gasteiger partial charge in [-0.05, 0) is 12.8 Å². The first-order valence-corrected chi connectivity index (χ1v) is 9.75. The first kappa shape index (κ1) is 16.9. The van der Waals surface area contributed by atoms with E-state index in [9.17, 15) is 9.59 Å². The third-order valence-corrected chi connectivity index (χ3v) is 4.39. The molecule has 106 valence electrons. The van der Waals surface area contributed by atoms with Crippen LogP contribution in [-0.2, 0) is 4.79 Å². The molecule has 0 aromatic rings. The first-order valence-electron chi connectivity index (χ1n) is 7.51. The van der Waals surface area contributed by atoms with E-state index in [1.54, 1.807) is 0 Å². The fourth-order valence-corrected chi connectivity index (χ4v) is 3.08. The number of unbranched alkanes of at least 4 members (excludes halogenated alkanes) is 4. The summed E-state index contributed by atoms with van der Waals surface area (Å²) >= 11 is 0.406. The van der Waals surface area contributed by atoms with Crippen LogP contribution in [0.25, 0.3) is 0 Å². The Morgan fingerprint density at radius 3 is 2.32 bits per heavy atom. The van der Waals surface area contributed by atoms with E-state index in [0.29, 0.717) is 38.2 Å². The molecule has 1 fully saturated rings. The van der Waals surface area contributed by atoms with Gasteiger partial charge in [-0.1, -0.05) is 12.8 Å². The number of carbonyl (C=O) groups is 2. The topological polar surface area (TPSA) is 58.2 Å². The number of amides is 2. The zero-order chi connectivity index (χ0) is 13.9. The zero-order valence-corrected chi connectivity index (χ0v) is 16.2. The van der Waals surface area contributed by atoms with Crippen LogP contribution in [0.15, 0.2) is 0 Å². The van der Waals surface area contributed by atoms with Crippen molar-refractivity contribution < 1.29 is 9.59 Å². The maximum atomic E-state index is 11.7. The number of carbonyl (C=O) groups excluding carboxylic acids is 2. The van der Waals surface area contributed by atoms with E-state index < -0.39 is 0 Å². The summed E-state index contributed by atoms with van der Waals surface area (Å²) in [5, 5.41) is 5.99. The monoisotopic (exact) mass is 458 g/mol. The Morgan fingerprint density at radius 1 is 1.00 bits per heavy atom. The van der Waals surface area contributed by atoms with Crippen LogP contribution in [-0.4, -0.2) is 47.7 Å². The fourth-order valence-electron chi connectivity index (χ4n) is 2.52. The summed E-state index contributed by atoms with van der Waals surface area (Å²) < 4.78 is 0.212. The molecule has 4 nitrogen and oxygen atoms in total. The molecule has 1 aliphatic rings. The number of hydrogen-bond donors (Lipinski definition) is 2. The molecule has 0 atom stereocenters. The summed E-state index contributed by atoms with van der Waals surface area (Å²) in [5.41, 5.74) is 0. The average molecular weight is 458 g/mol. The minimum absolute atomic E-state index is 0.212. The van der Waals surface area contributed by atoms with Gasteiger partial charge in [0, 0.05) is 0 Å². The van der Waals surface area contributed by atoms with E-state index in [2.05, 4.69) is 10.6 Å². The molecule has 0 unspecified atom stereocenters. The third kappa shape index (κ3) is 9.40. The van der Waals surface area contributed by atoms with Crippen molar-refractivity contribution in [1.82, 2.24) is 10.6 Å². The van der Waals surface area contributed by atoms with Gasteiger partial charge in [-0.3, -0.25) is 0 Å². The van der Waals surface area contributed by atoms with Gasteiger partial charge >= 0.3 is 106 Å². The molecular weight excluding hydrogens is 433 g/mol. The number of rotatable bonds is 9. The van der Waals surface area contributed by atoms with E-state index in [1.165, 1.54) is 12.8 Å². The van der Waals surface area contributed by atoms with Gasteiger partial charge in [-0.2, -0.15) is 0 Å². The predicted molar refractivity (Wildman–Crippen MR) is 77.3 cm³/mol. The normalized spacial score (nSPS) is 15.3. The van der Waals surface area contributed by atoms with Gasteiger partial charge in [0.15, 0.2) is 0 Å². The standard InChI is InChI=1S/C14H25N2O2.Tl/c17-12-15-11-7-3-1-2-4-10-14(18)16-13-8-5-6-9-13;/h13H,1-11H2,(H,15,17)(H,16,18);. The second-order valence-corrected chi connectivity index (χ2v) is 7.40. The summed E-state index contributed by atoms with van der Waals surface area (Å²) in [7, 11) is 0. The molecule has 0 aromatic heterocycles. The first-order chi connectivity index (χ1) is 9.18. The van der Waals surface area contributed by atoms with Crippen molar-refractivity contribution in [3.8, 4) is 0 Å². The van der Waals surface area contributed by atoms with Crippen LogP contribution in [0.2, 0.25) is 0 Å². The van der Waals surface area contributed by atoms with Crippen molar-refractivity contribution in [2.45, 2.75) is 70.3 Å². The summed E-state index contributed by atoms with van der Waals surface area (Å²) in [6.07, 6.45) is 11.0. The quantitative estimate of drug-likeness (QED) is 0.412. The van der Waals surface area contributed by atoms with Gasteiger partial charge in [-0.15, -0.1) is 0 Å². The van der Waals surface area contributed by atoms with Gasteiger partial charge in [0.05, 0.1) is 0 Å². The third-order valence-electron chi connectivity index (χ3n) is 3.60. The molecule has 2 N–H and O–H groups in total. The van der Waals surface area contributed by atoms with Crippen molar-refractivity contribution in [1.29, 1.82) is 0 Å². The number of nitrogens with one attached hydrogen (secondary N) is 2. The van der Waals surface area contributed by atoms with Gasteiger partial charge in [0.1, 0.15) is 0 Å². The Kier molecular flexibility index (Phi) is 9.46. The van der Waals surface area contributed by atoms with E-state index in [4.69, 9.17) is 0 Å². The Labute approximate surface area is 132 Å². The molecule has 0 spiro atoms. The van der Waals surface area contributed by atoms with Crippen molar-refractivity contribution in [3.05, 3.63) is 0 Å². The minimum Gasteiger partial charge on any atom is -0.0513 e. The zero-order valence-electron chi connectivity index (χ0n) is 11.7. The summed E-state index contributed by atoms with van der Waals surface area (Å²) in [4.78, 5) is 22.4. The predicted octanol–water partition coefficient (Wildman–Crippen LogP) is 2.26. The molecule has 1 aliphatic carbocycles. The van der Waals surface area contributed by atoms with Gasteiger partial charge in [0.2, 0.25) is 0 Å². The molecule has 1 rings (SSSR count). The summed E-state index contributed by atoms with van der Waals surface area (Å²) in [6, 6.07) is 0.453. The van der Waals surface area contributed by atoms with Gasteiger partial charge in [0.25, 0.3) is 0 Å². The summed E-state index contributed by atoms with van der Waals surface area (Å²) in [6.45, 7) is 0.817. The van der Waals surface area contributed by atoms with Crippen molar-refractivity contribution in [3.63, 3.8) is 0 Å². The average Bonchev–Trinajstić information content (AvgIpc) is 2.85. The molecule has 1 saturated carbocycles. The summed E-state index contributed by atoms with van der Waals surface area (Å²) in [5.74, 6) is 0.232. The molecule has 0 saturated heterocycles. The molecule has 2 amide bonds. The van der Waals surface area contributed by atoms with Gasteiger partial charge < -0.3 is 0 Å². The van der Waals surface area contributed by atoms with E-state index in [-0.39, 0.29) is 9.37 Å². The van der Waals surface area contributed by atoms with Crippen LogP contribution in [0, 0.1) is 0 Å². The Balaban J connectivity index is 1.84. The second-order valence-electron chi connectivity index (χ2n) is 5.36. The number of hydrogen-bond acceptors (Lipinski definition) is 2. The smallest absolute Gasteiger partial charge is 0.0513 e. The fraction of sp³-hybridized carbons (Fsp3) is 0.857. The molecule has 5 heteroatoms. The SMILES string of the molecule is O=[C]([Tl])NCCCCCCCC(=O)NC1CCCC1. The molecular formula is C14H25N2O2Tl. The minimum atomic E-state index is 0.212. The van der Waals surface area contributed by atoms with Crippen molar-refractivity contribution in [2.24, 2.45) is 0 Å². The van der Waals surface area contributed by atoms with Crippen LogP contribution in [0.5, 0.6) is 0 Å². The molecule has 0 radical (unpaired) electrons. The van der Waals surface area contributed by atoms with Crippen molar-refractivity contribution in [2.75, 3.05) is 6.54 Å². The van der Waals surface area contributed by atoms with E-state index >= 15 is 0 Å². The molecule has 0 heterocycles. The van der Waals surface area contributed by atoms with Gasteiger partial charge in [-0.25, -0.2) is 0 Å². The maximum absolute atomic E-state index is 11.7. The van der Waals surface area contributed by atoms with Crippen LogP contribution in [0.4, 0.5) is 4.79 Å². The molecule has 0 aromatic carbocycles. The second kappa shape index (κ2) is 10.6. The van der Waals surface area contributed by atoms with Crippen LogP contribution in [0.1, 0.15) is 64.2 Å². The Hall–Kier alpha value is -0.138. The van der Waals surface area contributed by atoms with E-state index in [0.717, 1.165) is 51.5 Å². The molecule has 0 bridgehead atoms. The van der Waals surface area contributed by atoms with Crippen LogP contribution >= 0.6 is 0 Å². The Morgan fingerprint density at radius 2 is 1.63 bits per heavy atom. The molecule has 19 heavy (non-hydrogen) atoms.